The van der Waals surface area contributed by atoms with Gasteiger partial charge in [0.05, 0.1) is 6.33 Å². The van der Waals surface area contributed by atoms with E-state index in [1.807, 2.05) is 48.5 Å². The molecule has 4 aromatic rings. The zero-order chi connectivity index (χ0) is 31.3. The number of benzene rings is 3. The quantitative estimate of drug-likeness (QED) is 0.128. The van der Waals surface area contributed by atoms with Crippen molar-refractivity contribution in [2.75, 3.05) is 0 Å². The average Bonchev–Trinajstić information content (AvgIpc) is 3.54. The number of phenols is 1. The summed E-state index contributed by atoms with van der Waals surface area (Å²) in [4.78, 5) is 59.0. The van der Waals surface area contributed by atoms with Crippen molar-refractivity contribution < 1.29 is 29.0 Å². The summed E-state index contributed by atoms with van der Waals surface area (Å²) in [5.41, 5.74) is 8.31. The molecule has 3 aromatic carbocycles. The minimum Gasteiger partial charge on any atom is -0.508 e. The van der Waals surface area contributed by atoms with Gasteiger partial charge in [0.2, 0.25) is 17.7 Å². The van der Waals surface area contributed by atoms with Crippen molar-refractivity contribution in [3.8, 4) is 5.75 Å². The van der Waals surface area contributed by atoms with Crippen LogP contribution < -0.4 is 21.7 Å². The fourth-order valence-electron chi connectivity index (χ4n) is 4.43. The number of amides is 4. The molecule has 12 heteroatoms. The monoisotopic (exact) mass is 598 g/mol. The van der Waals surface area contributed by atoms with E-state index in [1.165, 1.54) is 24.7 Å². The van der Waals surface area contributed by atoms with Crippen LogP contribution in [-0.2, 0) is 45.0 Å². The van der Waals surface area contributed by atoms with Gasteiger partial charge in [-0.25, -0.2) is 9.78 Å². The van der Waals surface area contributed by atoms with Gasteiger partial charge in [-0.2, -0.15) is 0 Å². The van der Waals surface area contributed by atoms with Gasteiger partial charge in [0.25, 0.3) is 0 Å². The number of nitrogens with zero attached hydrogens (tertiary/aromatic N) is 1. The second kappa shape index (κ2) is 15.5. The first-order chi connectivity index (χ1) is 21.3. The molecule has 12 nitrogen and oxygen atoms in total. The molecule has 0 aliphatic heterocycles. The lowest BCUT2D eigenvalue weighted by molar-refractivity contribution is -0.132. The highest BCUT2D eigenvalue weighted by Gasteiger charge is 2.30. The molecule has 0 bridgehead atoms. The number of imidazole rings is 1. The largest absolute Gasteiger partial charge is 0.508 e. The van der Waals surface area contributed by atoms with Crippen LogP contribution >= 0.6 is 0 Å². The first kappa shape index (κ1) is 31.3. The number of H-pyrrole nitrogens is 1. The third-order valence-corrected chi connectivity index (χ3v) is 6.75. The van der Waals surface area contributed by atoms with Gasteiger partial charge >= 0.3 is 6.09 Å². The number of rotatable bonds is 14. The standard InChI is InChI=1S/C32H34N6O6/c33-29(40)26(17-24-18-34-20-35-24)36-30(41)27(16-22-11-13-25(39)14-12-22)37-31(42)28(15-21-7-3-1-4-8-21)38-32(43)44-19-23-9-5-2-6-10-23/h1-14,18,20,26-28,39H,15-17,19H2,(H2,33,40)(H,34,35)(H,36,41)(H,37,42)(H,38,43)/t26-,27-,28-/m0/s1. The summed E-state index contributed by atoms with van der Waals surface area (Å²) in [7, 11) is 0. The molecule has 44 heavy (non-hydrogen) atoms. The van der Waals surface area contributed by atoms with Gasteiger partial charge < -0.3 is 36.5 Å². The predicted molar refractivity (Wildman–Crippen MR) is 161 cm³/mol. The summed E-state index contributed by atoms with van der Waals surface area (Å²) in [5.74, 6) is -2.05. The molecule has 0 aliphatic rings. The second-order valence-electron chi connectivity index (χ2n) is 10.1. The van der Waals surface area contributed by atoms with E-state index < -0.39 is 41.9 Å². The third kappa shape index (κ3) is 9.72. The molecule has 0 spiro atoms. The molecule has 0 radical (unpaired) electrons. The zero-order valence-electron chi connectivity index (χ0n) is 23.8. The molecule has 0 fully saturated rings. The maximum Gasteiger partial charge on any atom is 0.408 e. The van der Waals surface area contributed by atoms with Crippen LogP contribution in [0.4, 0.5) is 4.79 Å². The molecule has 0 unspecified atom stereocenters. The van der Waals surface area contributed by atoms with E-state index in [4.69, 9.17) is 10.5 Å². The van der Waals surface area contributed by atoms with Gasteiger partial charge in [0, 0.05) is 31.2 Å². The Morgan fingerprint density at radius 2 is 1.27 bits per heavy atom. The fourth-order valence-corrected chi connectivity index (χ4v) is 4.43. The van der Waals surface area contributed by atoms with Gasteiger partial charge in [-0.05, 0) is 28.8 Å². The van der Waals surface area contributed by atoms with Crippen LogP contribution in [-0.4, -0.2) is 57.0 Å². The molecule has 0 saturated heterocycles. The molecule has 0 saturated carbocycles. The molecule has 4 amide bonds. The second-order valence-corrected chi connectivity index (χ2v) is 10.1. The summed E-state index contributed by atoms with van der Waals surface area (Å²) < 4.78 is 5.34. The van der Waals surface area contributed by atoms with E-state index in [0.717, 1.165) is 11.1 Å². The molecule has 1 aromatic heterocycles. The zero-order valence-corrected chi connectivity index (χ0v) is 23.8. The first-order valence-electron chi connectivity index (χ1n) is 13.9. The van der Waals surface area contributed by atoms with Crippen LogP contribution in [0.1, 0.15) is 22.4 Å². The highest BCUT2D eigenvalue weighted by Crippen LogP contribution is 2.13. The Morgan fingerprint density at radius 1 is 0.727 bits per heavy atom. The van der Waals surface area contributed by atoms with Crippen LogP contribution in [0.25, 0.3) is 0 Å². The lowest BCUT2D eigenvalue weighted by atomic mass is 10.0. The summed E-state index contributed by atoms with van der Waals surface area (Å²) in [5, 5.41) is 17.7. The SMILES string of the molecule is NC(=O)[C@H](Cc1cnc[nH]1)NC(=O)[C@H](Cc1ccc(O)cc1)NC(=O)[C@H](Cc1ccccc1)NC(=O)OCc1ccccc1. The highest BCUT2D eigenvalue weighted by atomic mass is 16.5. The smallest absolute Gasteiger partial charge is 0.408 e. The molecule has 3 atom stereocenters. The molecule has 0 aliphatic carbocycles. The third-order valence-electron chi connectivity index (χ3n) is 6.75. The van der Waals surface area contributed by atoms with E-state index in [-0.39, 0.29) is 31.6 Å². The summed E-state index contributed by atoms with van der Waals surface area (Å²) in [6, 6.07) is 20.9. The van der Waals surface area contributed by atoms with Crippen LogP contribution in [0.3, 0.4) is 0 Å². The van der Waals surface area contributed by atoms with Crippen molar-refractivity contribution >= 4 is 23.8 Å². The molecular formula is C32H34N6O6. The van der Waals surface area contributed by atoms with E-state index in [1.54, 1.807) is 24.3 Å². The van der Waals surface area contributed by atoms with Gasteiger partial charge in [-0.3, -0.25) is 14.4 Å². The van der Waals surface area contributed by atoms with Crippen molar-refractivity contribution in [1.29, 1.82) is 0 Å². The number of phenolic OH excluding ortho intramolecular Hbond substituents is 1. The number of hydrogen-bond donors (Lipinski definition) is 6. The van der Waals surface area contributed by atoms with Gasteiger partial charge in [0.15, 0.2) is 0 Å². The molecule has 228 valence electrons. The van der Waals surface area contributed by atoms with Gasteiger partial charge in [0.1, 0.15) is 30.5 Å². The average molecular weight is 599 g/mol. The maximum absolute atomic E-state index is 13.7. The maximum atomic E-state index is 13.7. The Labute approximate surface area is 254 Å². The van der Waals surface area contributed by atoms with Crippen molar-refractivity contribution in [1.82, 2.24) is 25.9 Å². The Balaban J connectivity index is 1.52. The number of carbonyl (C=O) groups is 4. The topological polar surface area (TPSA) is 189 Å². The van der Waals surface area contributed by atoms with E-state index in [2.05, 4.69) is 25.9 Å². The normalized spacial score (nSPS) is 12.7. The van der Waals surface area contributed by atoms with Crippen LogP contribution in [0, 0.1) is 0 Å². The Kier molecular flexibility index (Phi) is 11.1. The number of primary amides is 1. The highest BCUT2D eigenvalue weighted by molar-refractivity contribution is 5.94. The van der Waals surface area contributed by atoms with Gasteiger partial charge in [-0.15, -0.1) is 0 Å². The lowest BCUT2D eigenvalue weighted by Crippen LogP contribution is -2.57. The van der Waals surface area contributed by atoms with Crippen molar-refractivity contribution in [2.45, 2.75) is 44.0 Å². The van der Waals surface area contributed by atoms with E-state index in [0.29, 0.717) is 11.3 Å². The Hall–Kier alpha value is -5.65. The number of aromatic nitrogens is 2. The molecular weight excluding hydrogens is 564 g/mol. The predicted octanol–water partition coefficient (Wildman–Crippen LogP) is 1.89. The first-order valence-corrected chi connectivity index (χ1v) is 13.9. The lowest BCUT2D eigenvalue weighted by Gasteiger charge is -2.25. The molecule has 1 heterocycles. The van der Waals surface area contributed by atoms with Gasteiger partial charge in [-0.1, -0.05) is 72.8 Å². The Morgan fingerprint density at radius 3 is 1.84 bits per heavy atom. The van der Waals surface area contributed by atoms with Crippen LogP contribution in [0.2, 0.25) is 0 Å². The molecule has 4 rings (SSSR count). The minimum atomic E-state index is -1.17. The van der Waals surface area contributed by atoms with Crippen LogP contribution in [0.15, 0.2) is 97.5 Å². The number of ether oxygens (including phenoxy) is 1. The number of aromatic hydroxyl groups is 1. The van der Waals surface area contributed by atoms with Crippen LogP contribution in [0.5, 0.6) is 5.75 Å². The van der Waals surface area contributed by atoms with E-state index >= 15 is 0 Å². The fraction of sp³-hybridized carbons (Fsp3) is 0.219. The minimum absolute atomic E-state index is 0.00305. The summed E-state index contributed by atoms with van der Waals surface area (Å²) in [6.45, 7) is 0.00305. The number of hydrogen-bond acceptors (Lipinski definition) is 7. The number of carbonyl (C=O) groups excluding carboxylic acids is 4. The number of aromatic amines is 1. The van der Waals surface area contributed by atoms with Crippen molar-refractivity contribution in [3.63, 3.8) is 0 Å². The number of alkyl carbamates (subject to hydrolysis) is 1. The van der Waals surface area contributed by atoms with Crippen molar-refractivity contribution in [3.05, 3.63) is 120 Å². The molecule has 7 N–H and O–H groups in total. The number of nitrogens with two attached hydrogens (primary N) is 1. The summed E-state index contributed by atoms with van der Waals surface area (Å²) in [6.07, 6.45) is 2.33. The summed E-state index contributed by atoms with van der Waals surface area (Å²) >= 11 is 0. The number of nitrogens with one attached hydrogen (secondary N) is 4. The Bertz CT molecular complexity index is 1510. The van der Waals surface area contributed by atoms with Crippen molar-refractivity contribution in [2.24, 2.45) is 5.73 Å². The van der Waals surface area contributed by atoms with E-state index in [9.17, 15) is 24.3 Å².